The number of aromatic nitrogens is 2. The molecule has 1 aromatic heterocycles. The lowest BCUT2D eigenvalue weighted by Crippen LogP contribution is -2.46. The smallest absolute Gasteiger partial charge is 0.459 e. The highest BCUT2D eigenvalue weighted by Crippen LogP contribution is 2.47. The van der Waals surface area contributed by atoms with Crippen molar-refractivity contribution in [2.24, 2.45) is 0 Å². The average molecular weight is 602 g/mol. The van der Waals surface area contributed by atoms with Crippen molar-refractivity contribution in [3.8, 4) is 11.6 Å². The van der Waals surface area contributed by atoms with E-state index in [1.807, 2.05) is 0 Å². The molecule has 2 aromatic rings. The highest BCUT2D eigenvalue weighted by Gasteiger charge is 2.54. The fraction of sp³-hybridized carbons (Fsp3) is 0.520. The Bertz CT molecular complexity index is 1460. The van der Waals surface area contributed by atoms with Gasteiger partial charge in [0.25, 0.3) is 0 Å². The second-order valence-corrected chi connectivity index (χ2v) is 11.3. The highest BCUT2D eigenvalue weighted by atomic mass is 31.2. The predicted molar refractivity (Wildman–Crippen MR) is 143 cm³/mol. The van der Waals surface area contributed by atoms with Crippen LogP contribution in [0.5, 0.6) is 11.6 Å². The molecule has 226 valence electrons. The van der Waals surface area contributed by atoms with Crippen LogP contribution in [0.15, 0.2) is 47.4 Å². The van der Waals surface area contributed by atoms with Gasteiger partial charge < -0.3 is 33.8 Å². The van der Waals surface area contributed by atoms with E-state index in [0.29, 0.717) is 4.57 Å². The van der Waals surface area contributed by atoms with Gasteiger partial charge in [0.05, 0.1) is 16.8 Å². The third-order valence-electron chi connectivity index (χ3n) is 5.52. The van der Waals surface area contributed by atoms with E-state index in [-0.39, 0.29) is 5.75 Å². The van der Waals surface area contributed by atoms with Gasteiger partial charge in [0.1, 0.15) is 29.6 Å². The van der Waals surface area contributed by atoms with Gasteiger partial charge in [-0.15, -0.1) is 0 Å². The SMILES string of the molecule is [2H]c1cn([C@@H]2O[C@H](C([2H])([2H])O[P@@](=O)(N[C@@H](C)C(=O)OC(C)C)Oc3ccccc3)[C@@H](O)[C@@]2(C)O)c(=O)nc1OC(=O)N(C)C. The van der Waals surface area contributed by atoms with Gasteiger partial charge in [-0.25, -0.2) is 14.2 Å². The third kappa shape index (κ3) is 8.12. The summed E-state index contributed by atoms with van der Waals surface area (Å²) in [4.78, 5) is 41.7. The molecule has 3 rings (SSSR count). The molecule has 1 aliphatic heterocycles. The number of carbonyl (C=O) groups is 2. The van der Waals surface area contributed by atoms with Crippen molar-refractivity contribution in [1.29, 1.82) is 0 Å². The molecule has 0 spiro atoms. The van der Waals surface area contributed by atoms with Gasteiger partial charge in [0, 0.05) is 26.3 Å². The number of rotatable bonds is 11. The Morgan fingerprint density at radius 1 is 1.32 bits per heavy atom. The number of aliphatic hydroxyl groups is 2. The molecule has 41 heavy (non-hydrogen) atoms. The van der Waals surface area contributed by atoms with Gasteiger partial charge in [-0.3, -0.25) is 13.9 Å². The molecular weight excluding hydrogens is 563 g/mol. The molecule has 15 nitrogen and oxygen atoms in total. The molecule has 1 aliphatic rings. The predicted octanol–water partition coefficient (Wildman–Crippen LogP) is 1.45. The van der Waals surface area contributed by atoms with Gasteiger partial charge in [0.2, 0.25) is 5.88 Å². The molecule has 1 fully saturated rings. The zero-order valence-corrected chi connectivity index (χ0v) is 24.1. The van der Waals surface area contributed by atoms with Crippen LogP contribution in [-0.2, 0) is 23.4 Å². The fourth-order valence-electron chi connectivity index (χ4n) is 3.43. The van der Waals surface area contributed by atoms with Crippen LogP contribution >= 0.6 is 7.75 Å². The van der Waals surface area contributed by atoms with E-state index >= 15 is 0 Å². The Balaban J connectivity index is 1.93. The molecule has 0 unspecified atom stereocenters. The molecule has 1 saturated heterocycles. The number of nitrogens with one attached hydrogen (secondary N) is 1. The minimum absolute atomic E-state index is 0.0306. The number of benzene rings is 1. The Morgan fingerprint density at radius 3 is 2.59 bits per heavy atom. The maximum Gasteiger partial charge on any atom is 0.459 e. The van der Waals surface area contributed by atoms with E-state index in [1.165, 1.54) is 45.3 Å². The standard InChI is InChI=1S/C25H35N4O11P/c1-15(2)37-21(31)16(3)27-41(35,40-17-10-8-7-9-11-17)36-14-18-20(30)25(4,34)22(38-18)29-13-12-19(26-23(29)32)39-24(33)28(5)6/h7-13,15-16,18,20,22,30,34H,14H2,1-6H3,(H,27,35)/t16-,18+,20+,22+,25+,41-/m0/s1/i12D,14D2. The number of hydrogen-bond acceptors (Lipinski definition) is 12. The van der Waals surface area contributed by atoms with Crippen molar-refractivity contribution < 1.29 is 51.7 Å². The van der Waals surface area contributed by atoms with Crippen molar-refractivity contribution in [2.45, 2.75) is 63.9 Å². The summed E-state index contributed by atoms with van der Waals surface area (Å²) in [5.74, 6) is -1.52. The zero-order chi connectivity index (χ0) is 33.2. The van der Waals surface area contributed by atoms with Crippen LogP contribution in [0, 0.1) is 0 Å². The Kier molecular flexibility index (Phi) is 8.89. The fourth-order valence-corrected chi connectivity index (χ4v) is 4.80. The Labute approximate surface area is 240 Å². The maximum atomic E-state index is 13.9. The highest BCUT2D eigenvalue weighted by molar-refractivity contribution is 7.52. The lowest BCUT2D eigenvalue weighted by Gasteiger charge is -2.27. The van der Waals surface area contributed by atoms with Crippen molar-refractivity contribution in [1.82, 2.24) is 19.5 Å². The first kappa shape index (κ1) is 27.8. The molecule has 6 atom stereocenters. The number of amides is 1. The lowest BCUT2D eigenvalue weighted by molar-refractivity contribution is -0.149. The molecule has 3 N–H and O–H groups in total. The van der Waals surface area contributed by atoms with E-state index in [9.17, 15) is 29.2 Å². The molecule has 0 bridgehead atoms. The van der Waals surface area contributed by atoms with Crippen molar-refractivity contribution >= 4 is 19.8 Å². The van der Waals surface area contributed by atoms with Gasteiger partial charge in [0.15, 0.2) is 6.23 Å². The van der Waals surface area contributed by atoms with Crippen LogP contribution in [0.2, 0.25) is 0 Å². The number of hydrogen-bond donors (Lipinski definition) is 3. The van der Waals surface area contributed by atoms with Gasteiger partial charge in [-0.2, -0.15) is 10.1 Å². The second-order valence-electron chi connectivity index (χ2n) is 9.67. The largest absolute Gasteiger partial charge is 0.462 e. The van der Waals surface area contributed by atoms with Crippen LogP contribution in [0.1, 0.15) is 38.0 Å². The average Bonchev–Trinajstić information content (AvgIpc) is 3.14. The summed E-state index contributed by atoms with van der Waals surface area (Å²) in [6.07, 6.45) is -6.73. The summed E-state index contributed by atoms with van der Waals surface area (Å²) >= 11 is 0. The first-order valence-corrected chi connectivity index (χ1v) is 13.9. The summed E-state index contributed by atoms with van der Waals surface area (Å²) in [5, 5.41) is 24.4. The second kappa shape index (κ2) is 13.1. The van der Waals surface area contributed by atoms with E-state index in [4.69, 9.17) is 27.4 Å². The van der Waals surface area contributed by atoms with Crippen LogP contribution in [-0.4, -0.2) is 87.3 Å². The first-order valence-electron chi connectivity index (χ1n) is 13.9. The summed E-state index contributed by atoms with van der Waals surface area (Å²) in [7, 11) is -2.10. The molecule has 0 saturated carbocycles. The summed E-state index contributed by atoms with van der Waals surface area (Å²) in [6, 6.07) is 5.59. The topological polar surface area (TPSA) is 188 Å². The summed E-state index contributed by atoms with van der Waals surface area (Å²) < 4.78 is 66.0. The Morgan fingerprint density at radius 2 is 1.98 bits per heavy atom. The number of nitrogens with zero attached hydrogens (tertiary/aromatic N) is 3. The molecule has 2 heterocycles. The first-order chi connectivity index (χ1) is 20.3. The summed E-state index contributed by atoms with van der Waals surface area (Å²) in [5.41, 5.74) is -3.59. The van der Waals surface area contributed by atoms with Crippen LogP contribution in [0.3, 0.4) is 0 Å². The van der Waals surface area contributed by atoms with Crippen molar-refractivity contribution in [3.63, 3.8) is 0 Å². The number of para-hydroxylation sites is 1. The zero-order valence-electron chi connectivity index (χ0n) is 26.2. The van der Waals surface area contributed by atoms with Gasteiger partial charge in [-0.05, 0) is 39.8 Å². The third-order valence-corrected chi connectivity index (χ3v) is 7.02. The van der Waals surface area contributed by atoms with Crippen molar-refractivity contribution in [2.75, 3.05) is 20.7 Å². The minimum atomic E-state index is -4.84. The number of esters is 1. The molecular formula is C25H35N4O11P. The molecule has 16 heteroatoms. The van der Waals surface area contributed by atoms with E-state index < -0.39 is 80.2 Å². The Hall–Kier alpha value is -3.33. The lowest BCUT2D eigenvalue weighted by atomic mass is 9.96. The monoisotopic (exact) mass is 601 g/mol. The number of aliphatic hydroxyl groups excluding tert-OH is 1. The normalized spacial score (nSPS) is 25.8. The maximum absolute atomic E-state index is 13.9. The summed E-state index contributed by atoms with van der Waals surface area (Å²) in [6.45, 7) is 2.27. The minimum Gasteiger partial charge on any atom is -0.462 e. The molecule has 0 radical (unpaired) electrons. The molecule has 1 aromatic carbocycles. The van der Waals surface area contributed by atoms with Crippen LogP contribution in [0.4, 0.5) is 4.79 Å². The van der Waals surface area contributed by atoms with E-state index in [2.05, 4.69) is 10.1 Å². The van der Waals surface area contributed by atoms with Crippen molar-refractivity contribution in [3.05, 3.63) is 53.1 Å². The number of carbonyl (C=O) groups excluding carboxylic acids is 2. The van der Waals surface area contributed by atoms with Crippen LogP contribution < -0.4 is 20.0 Å². The molecule has 1 amide bonds. The quantitative estimate of drug-likeness (QED) is 0.248. The van der Waals surface area contributed by atoms with Crippen LogP contribution in [0.25, 0.3) is 0 Å². The van der Waals surface area contributed by atoms with Gasteiger partial charge in [-0.1, -0.05) is 18.2 Å². The molecule has 0 aliphatic carbocycles. The van der Waals surface area contributed by atoms with E-state index in [0.717, 1.165) is 18.0 Å². The number of ether oxygens (including phenoxy) is 3. The van der Waals surface area contributed by atoms with Gasteiger partial charge >= 0.3 is 25.5 Å². The van der Waals surface area contributed by atoms with E-state index in [1.54, 1.807) is 19.9 Å².